The Bertz CT molecular complexity index is 1170. The van der Waals surface area contributed by atoms with Crippen LogP contribution in [-0.4, -0.2) is 84.6 Å². The molecule has 3 aliphatic rings. The van der Waals surface area contributed by atoms with Crippen LogP contribution >= 0.6 is 0 Å². The summed E-state index contributed by atoms with van der Waals surface area (Å²) in [6.45, 7) is 7.88. The van der Waals surface area contributed by atoms with Gasteiger partial charge in [0, 0.05) is 11.3 Å². The number of hydrogen-bond donors (Lipinski definition) is 0. The Morgan fingerprint density at radius 3 is 2.16 bits per heavy atom. The van der Waals surface area contributed by atoms with Crippen molar-refractivity contribution in [1.29, 1.82) is 0 Å². The molecular weight excluding hydrogens is 380 g/mol. The standard InChI is InChI=1S/C19H26B5N7/c1-20-26(4)21(2)31-22(3)28(6)23-29-18-14-10-8-12-16(18)25-19(29)15-11-7-9-13-17(15)30(23)24(31)27(20)5/h7-14H,1-6H3. The van der Waals surface area contributed by atoms with Crippen molar-refractivity contribution >= 4 is 51.9 Å². The highest BCUT2D eigenvalue weighted by Crippen LogP contribution is 2.42. The molecule has 0 unspecified atom stereocenters. The quantitative estimate of drug-likeness (QED) is 0.530. The van der Waals surface area contributed by atoms with Crippen LogP contribution in [0.25, 0.3) is 22.4 Å². The van der Waals surface area contributed by atoms with Crippen LogP contribution in [0.4, 0.5) is 5.69 Å². The Morgan fingerprint density at radius 1 is 0.710 bits per heavy atom. The maximum atomic E-state index is 5.08. The molecule has 0 aliphatic carbocycles. The third-order valence-corrected chi connectivity index (χ3v) is 7.96. The maximum Gasteiger partial charge on any atom is 0.455 e. The first-order chi connectivity index (χ1) is 14.9. The lowest BCUT2D eigenvalue weighted by molar-refractivity contribution is 0.548. The molecular formula is C19H26B5N7. The van der Waals surface area contributed by atoms with Gasteiger partial charge in [-0.05, 0) is 45.4 Å². The van der Waals surface area contributed by atoms with Gasteiger partial charge in [-0.1, -0.05) is 44.7 Å². The predicted octanol–water partition coefficient (Wildman–Crippen LogP) is 1.82. The van der Waals surface area contributed by atoms with Crippen LogP contribution in [-0.2, 0) is 0 Å². The first-order valence-electron chi connectivity index (χ1n) is 11.2. The largest absolute Gasteiger partial charge is 0.455 e. The van der Waals surface area contributed by atoms with Gasteiger partial charge >= 0.3 is 14.2 Å². The van der Waals surface area contributed by atoms with Gasteiger partial charge in [-0.2, -0.15) is 0 Å². The zero-order chi connectivity index (χ0) is 21.6. The monoisotopic (exact) mass is 407 g/mol. The van der Waals surface area contributed by atoms with Gasteiger partial charge in [-0.25, -0.2) is 4.98 Å². The zero-order valence-electron chi connectivity index (χ0n) is 19.1. The van der Waals surface area contributed by atoms with Crippen molar-refractivity contribution in [3.05, 3.63) is 48.5 Å². The number of anilines is 1. The van der Waals surface area contributed by atoms with Crippen molar-refractivity contribution in [2.75, 3.05) is 25.9 Å². The van der Waals surface area contributed by atoms with E-state index in [2.05, 4.69) is 118 Å². The van der Waals surface area contributed by atoms with E-state index in [-0.39, 0.29) is 21.2 Å². The summed E-state index contributed by atoms with van der Waals surface area (Å²) in [7, 11) is 6.93. The molecule has 1 aromatic heterocycles. The summed E-state index contributed by atoms with van der Waals surface area (Å²) in [6, 6.07) is 17.3. The van der Waals surface area contributed by atoms with Gasteiger partial charge in [-0.15, -0.1) is 0 Å². The molecule has 7 nitrogen and oxygen atoms in total. The second-order valence-corrected chi connectivity index (χ2v) is 9.25. The Hall–Kier alpha value is -2.13. The van der Waals surface area contributed by atoms with Crippen LogP contribution in [0.5, 0.6) is 0 Å². The molecule has 0 saturated carbocycles. The number of rotatable bonds is 0. The predicted molar refractivity (Wildman–Crippen MR) is 135 cm³/mol. The summed E-state index contributed by atoms with van der Waals surface area (Å²) in [5.41, 5.74) is 4.69. The normalized spacial score (nSPS) is 20.3. The minimum absolute atomic E-state index is 0.0545. The summed E-state index contributed by atoms with van der Waals surface area (Å²) in [4.78, 5) is 5.08. The molecule has 0 atom stereocenters. The van der Waals surface area contributed by atoms with Crippen LogP contribution in [0.15, 0.2) is 48.5 Å². The van der Waals surface area contributed by atoms with Crippen LogP contribution in [0, 0.1) is 0 Å². The number of hydrogen-bond acceptors (Lipinski definition) is 6. The molecule has 6 rings (SSSR count). The summed E-state index contributed by atoms with van der Waals surface area (Å²) in [6.07, 6.45) is 0. The molecule has 0 radical (unpaired) electrons. The lowest BCUT2D eigenvalue weighted by Crippen LogP contribution is -2.89. The first kappa shape index (κ1) is 19.6. The van der Waals surface area contributed by atoms with Crippen molar-refractivity contribution in [3.8, 4) is 11.4 Å². The third-order valence-electron chi connectivity index (χ3n) is 7.96. The number of para-hydroxylation sites is 3. The molecule has 4 heterocycles. The highest BCUT2D eigenvalue weighted by molar-refractivity contribution is 7.02. The molecule has 12 heteroatoms. The van der Waals surface area contributed by atoms with E-state index in [1.165, 1.54) is 16.8 Å². The van der Waals surface area contributed by atoms with Crippen molar-refractivity contribution in [2.45, 2.75) is 20.5 Å². The molecule has 3 aromatic rings. The number of aromatic nitrogens is 2. The lowest BCUT2D eigenvalue weighted by Gasteiger charge is -2.62. The van der Waals surface area contributed by atoms with E-state index in [4.69, 9.17) is 4.98 Å². The van der Waals surface area contributed by atoms with E-state index in [9.17, 15) is 0 Å². The number of fused-ring (bicyclic) bond motifs is 10. The maximum absolute atomic E-state index is 5.08. The van der Waals surface area contributed by atoms with Gasteiger partial charge in [-0.3, -0.25) is 0 Å². The van der Waals surface area contributed by atoms with Gasteiger partial charge in [0.2, 0.25) is 0 Å². The van der Waals surface area contributed by atoms with E-state index in [0.29, 0.717) is 14.0 Å². The van der Waals surface area contributed by atoms with Crippen LogP contribution < -0.4 is 4.72 Å². The molecule has 2 fully saturated rings. The van der Waals surface area contributed by atoms with Crippen molar-refractivity contribution in [1.82, 2.24) is 28.3 Å². The highest BCUT2D eigenvalue weighted by atomic mass is 15.5. The molecule has 152 valence electrons. The SMILES string of the molecule is CB1N(C)B(C)N2B(C)N(C)B3N(B2N1C)c1ccccc1-c1nc2ccccc2n13. The van der Waals surface area contributed by atoms with Crippen molar-refractivity contribution in [2.24, 2.45) is 0 Å². The molecule has 31 heavy (non-hydrogen) atoms. The topological polar surface area (TPSA) is 34.0 Å². The van der Waals surface area contributed by atoms with Gasteiger partial charge < -0.3 is 28.0 Å². The summed E-state index contributed by atoms with van der Waals surface area (Å²) in [5, 5.41) is 0. The molecule has 2 saturated heterocycles. The zero-order valence-corrected chi connectivity index (χ0v) is 19.1. The smallest absolute Gasteiger partial charge is 0.401 e. The average Bonchev–Trinajstić information content (AvgIpc) is 3.18. The fourth-order valence-corrected chi connectivity index (χ4v) is 5.88. The van der Waals surface area contributed by atoms with E-state index < -0.39 is 0 Å². The molecule has 0 amide bonds. The fourth-order valence-electron chi connectivity index (χ4n) is 5.88. The fraction of sp³-hybridized carbons (Fsp3) is 0.316. The molecule has 0 spiro atoms. The van der Waals surface area contributed by atoms with Crippen molar-refractivity contribution in [3.63, 3.8) is 0 Å². The Morgan fingerprint density at radius 2 is 1.35 bits per heavy atom. The molecule has 0 bridgehead atoms. The summed E-state index contributed by atoms with van der Waals surface area (Å²) in [5.74, 6) is 1.06. The van der Waals surface area contributed by atoms with Crippen LogP contribution in [0.3, 0.4) is 0 Å². The molecule has 0 N–H and O–H groups in total. The third kappa shape index (κ3) is 2.42. The Labute approximate surface area is 186 Å². The van der Waals surface area contributed by atoms with Gasteiger partial charge in [0.1, 0.15) is 5.82 Å². The summed E-state index contributed by atoms with van der Waals surface area (Å²) < 4.78 is 15.1. The minimum atomic E-state index is 0.0545. The number of benzene rings is 2. The van der Waals surface area contributed by atoms with Gasteiger partial charge in [0.05, 0.1) is 11.0 Å². The van der Waals surface area contributed by atoms with Crippen LogP contribution in [0.1, 0.15) is 0 Å². The number of imidazole rings is 1. The van der Waals surface area contributed by atoms with Gasteiger partial charge in [0.25, 0.3) is 20.9 Å². The van der Waals surface area contributed by atoms with E-state index in [1.54, 1.807) is 0 Å². The first-order valence-corrected chi connectivity index (χ1v) is 11.2. The second-order valence-electron chi connectivity index (χ2n) is 9.25. The Balaban J connectivity index is 1.64. The van der Waals surface area contributed by atoms with Gasteiger partial charge in [0.15, 0.2) is 0 Å². The van der Waals surface area contributed by atoms with Crippen LogP contribution in [0.2, 0.25) is 20.5 Å². The Kier molecular flexibility index (Phi) is 4.22. The van der Waals surface area contributed by atoms with E-state index >= 15 is 0 Å². The second kappa shape index (κ2) is 6.69. The molecule has 2 aromatic carbocycles. The van der Waals surface area contributed by atoms with E-state index in [0.717, 1.165) is 11.3 Å². The average molecular weight is 407 g/mol. The summed E-state index contributed by atoms with van der Waals surface area (Å²) >= 11 is 0. The van der Waals surface area contributed by atoms with Crippen molar-refractivity contribution < 1.29 is 0 Å². The minimum Gasteiger partial charge on any atom is -0.401 e. The lowest BCUT2D eigenvalue weighted by atomic mass is 9.37. The van der Waals surface area contributed by atoms with E-state index in [1.807, 2.05) is 0 Å². The number of nitrogens with zero attached hydrogens (tertiary/aromatic N) is 7. The molecule has 3 aliphatic heterocycles. The highest BCUT2D eigenvalue weighted by Gasteiger charge is 2.61.